The minimum absolute atomic E-state index is 0.984. The zero-order valence-corrected chi connectivity index (χ0v) is 22.4. The molecular weight excluding hydrogens is 474 g/mol. The lowest BCUT2D eigenvalue weighted by Gasteiger charge is -2.15. The maximum atomic E-state index is 4.93. The number of para-hydroxylation sites is 1. The van der Waals surface area contributed by atoms with E-state index in [1.807, 2.05) is 12.1 Å². The molecule has 0 fully saturated rings. The lowest BCUT2D eigenvalue weighted by Crippen LogP contribution is -2.12. The summed E-state index contributed by atoms with van der Waals surface area (Å²) in [6, 6.07) is 41.2. The monoisotopic (exact) mass is 503 g/mol. The van der Waals surface area contributed by atoms with Crippen LogP contribution in [0.1, 0.15) is 29.2 Å². The Kier molecular flexibility index (Phi) is 5.45. The van der Waals surface area contributed by atoms with E-state index < -0.39 is 0 Å². The SMILES string of the molecule is C/C(=N\N(C)c1ccc(C=C2c3ccccc3-c3ccccc32)cc1)c1ccc2c(c1)c1ccccc1n2C. The Bertz CT molecular complexity index is 1890. The molecule has 0 saturated heterocycles. The fourth-order valence-corrected chi connectivity index (χ4v) is 5.89. The van der Waals surface area contributed by atoms with Crippen LogP contribution in [0.15, 0.2) is 120 Å². The Labute approximate surface area is 229 Å². The molecule has 188 valence electrons. The Morgan fingerprint density at radius 3 is 1.95 bits per heavy atom. The van der Waals surface area contributed by atoms with Gasteiger partial charge in [0.2, 0.25) is 0 Å². The molecule has 0 spiro atoms. The summed E-state index contributed by atoms with van der Waals surface area (Å²) in [5.74, 6) is 0. The van der Waals surface area contributed by atoms with Crippen molar-refractivity contribution in [3.63, 3.8) is 0 Å². The highest BCUT2D eigenvalue weighted by molar-refractivity contribution is 6.11. The number of hydrogen-bond acceptors (Lipinski definition) is 2. The fourth-order valence-electron chi connectivity index (χ4n) is 5.89. The van der Waals surface area contributed by atoms with Crippen LogP contribution in [0.4, 0.5) is 5.69 Å². The molecule has 5 aromatic carbocycles. The second-order valence-electron chi connectivity index (χ2n) is 10.3. The number of hydrogen-bond donors (Lipinski definition) is 0. The Balaban J connectivity index is 1.18. The first-order valence-corrected chi connectivity index (χ1v) is 13.4. The van der Waals surface area contributed by atoms with Crippen LogP contribution in [0.2, 0.25) is 0 Å². The van der Waals surface area contributed by atoms with Crippen molar-refractivity contribution < 1.29 is 0 Å². The van der Waals surface area contributed by atoms with E-state index in [0.29, 0.717) is 0 Å². The third-order valence-electron chi connectivity index (χ3n) is 7.93. The quantitative estimate of drug-likeness (QED) is 0.174. The van der Waals surface area contributed by atoms with Gasteiger partial charge >= 0.3 is 0 Å². The van der Waals surface area contributed by atoms with Gasteiger partial charge in [0.25, 0.3) is 0 Å². The van der Waals surface area contributed by atoms with Gasteiger partial charge in [-0.05, 0) is 82.3 Å². The largest absolute Gasteiger partial charge is 0.344 e. The summed E-state index contributed by atoms with van der Waals surface area (Å²) < 4.78 is 2.26. The van der Waals surface area contributed by atoms with Crippen molar-refractivity contribution in [3.05, 3.63) is 138 Å². The second-order valence-corrected chi connectivity index (χ2v) is 10.3. The van der Waals surface area contributed by atoms with Gasteiger partial charge in [0.1, 0.15) is 0 Å². The topological polar surface area (TPSA) is 20.5 Å². The van der Waals surface area contributed by atoms with E-state index in [2.05, 4.69) is 140 Å². The number of aromatic nitrogens is 1. The number of rotatable bonds is 4. The standard InChI is InChI=1S/C36H29N3/c1-24(26-18-21-36-34(23-26)32-14-8-9-15-35(32)38(36)2)37-39(3)27-19-16-25(17-20-27)22-33-30-12-6-4-10-28(30)29-11-5-7-13-31(29)33/h4-23H,1-3H3/b37-24+. The normalized spacial score (nSPS) is 12.6. The van der Waals surface area contributed by atoms with Crippen LogP contribution in [0, 0.1) is 0 Å². The van der Waals surface area contributed by atoms with Gasteiger partial charge in [-0.2, -0.15) is 5.10 Å². The highest BCUT2D eigenvalue weighted by atomic mass is 15.4. The molecule has 0 atom stereocenters. The lowest BCUT2D eigenvalue weighted by atomic mass is 10.0. The molecule has 1 aliphatic rings. The van der Waals surface area contributed by atoms with Gasteiger partial charge in [-0.25, -0.2) is 0 Å². The molecule has 1 aliphatic carbocycles. The average Bonchev–Trinajstić information content (AvgIpc) is 3.45. The zero-order chi connectivity index (χ0) is 26.5. The predicted molar refractivity (Wildman–Crippen MR) is 166 cm³/mol. The number of nitrogens with zero attached hydrogens (tertiary/aromatic N) is 3. The van der Waals surface area contributed by atoms with Crippen LogP contribution >= 0.6 is 0 Å². The molecule has 0 radical (unpaired) electrons. The van der Waals surface area contributed by atoms with Gasteiger partial charge in [0.05, 0.1) is 11.4 Å². The maximum absolute atomic E-state index is 4.93. The number of benzene rings is 5. The van der Waals surface area contributed by atoms with Crippen LogP contribution in [0.5, 0.6) is 0 Å². The Morgan fingerprint density at radius 2 is 1.26 bits per heavy atom. The minimum Gasteiger partial charge on any atom is -0.344 e. The van der Waals surface area contributed by atoms with Crippen molar-refractivity contribution in [1.29, 1.82) is 0 Å². The predicted octanol–water partition coefficient (Wildman–Crippen LogP) is 8.76. The molecule has 1 aromatic heterocycles. The van der Waals surface area contributed by atoms with Gasteiger partial charge in [-0.15, -0.1) is 0 Å². The average molecular weight is 504 g/mol. The van der Waals surface area contributed by atoms with Gasteiger partial charge < -0.3 is 4.57 Å². The summed E-state index contributed by atoms with van der Waals surface area (Å²) in [7, 11) is 4.14. The number of fused-ring (bicyclic) bond motifs is 6. The van der Waals surface area contributed by atoms with Crippen molar-refractivity contribution in [2.75, 3.05) is 12.1 Å². The third-order valence-corrected chi connectivity index (χ3v) is 7.93. The molecule has 3 heteroatoms. The molecule has 6 aromatic rings. The van der Waals surface area contributed by atoms with E-state index in [4.69, 9.17) is 5.10 Å². The van der Waals surface area contributed by atoms with E-state index in [-0.39, 0.29) is 0 Å². The molecule has 1 heterocycles. The van der Waals surface area contributed by atoms with Crippen molar-refractivity contribution in [1.82, 2.24) is 4.57 Å². The van der Waals surface area contributed by atoms with E-state index in [9.17, 15) is 0 Å². The maximum Gasteiger partial charge on any atom is 0.0651 e. The van der Waals surface area contributed by atoms with E-state index >= 15 is 0 Å². The van der Waals surface area contributed by atoms with E-state index in [1.54, 1.807) is 0 Å². The Hall–Kier alpha value is -4.89. The summed E-state index contributed by atoms with van der Waals surface area (Å²) in [6.07, 6.45) is 2.29. The van der Waals surface area contributed by atoms with Gasteiger partial charge in [0.15, 0.2) is 0 Å². The van der Waals surface area contributed by atoms with Gasteiger partial charge in [-0.1, -0.05) is 84.9 Å². The summed E-state index contributed by atoms with van der Waals surface area (Å²) in [4.78, 5) is 0. The third kappa shape index (κ3) is 3.86. The molecule has 7 rings (SSSR count). The van der Waals surface area contributed by atoms with Gasteiger partial charge in [-0.3, -0.25) is 5.01 Å². The first-order valence-electron chi connectivity index (χ1n) is 13.4. The highest BCUT2D eigenvalue weighted by Gasteiger charge is 2.22. The lowest BCUT2D eigenvalue weighted by molar-refractivity contribution is 1.01. The molecule has 0 unspecified atom stereocenters. The molecule has 0 bridgehead atoms. The molecule has 0 amide bonds. The van der Waals surface area contributed by atoms with Crippen molar-refractivity contribution >= 4 is 44.9 Å². The summed E-state index contributed by atoms with van der Waals surface area (Å²) in [6.45, 7) is 2.08. The fraction of sp³-hybridized carbons (Fsp3) is 0.0833. The van der Waals surface area contributed by atoms with Crippen LogP contribution in [-0.4, -0.2) is 17.3 Å². The van der Waals surface area contributed by atoms with Crippen LogP contribution in [0.25, 0.3) is 44.6 Å². The summed E-state index contributed by atoms with van der Waals surface area (Å²) in [5, 5.41) is 9.42. The number of hydrazone groups is 1. The molecule has 0 N–H and O–H groups in total. The van der Waals surface area contributed by atoms with Crippen molar-refractivity contribution in [2.24, 2.45) is 12.1 Å². The molecule has 0 saturated carbocycles. The molecule has 3 nitrogen and oxygen atoms in total. The molecular formula is C36H29N3. The second kappa shape index (κ2) is 9.14. The highest BCUT2D eigenvalue weighted by Crippen LogP contribution is 2.44. The minimum atomic E-state index is 0.984. The smallest absolute Gasteiger partial charge is 0.0651 e. The number of anilines is 1. The first-order chi connectivity index (χ1) is 19.1. The first kappa shape index (κ1) is 23.2. The molecule has 0 aliphatic heterocycles. The van der Waals surface area contributed by atoms with E-state index in [1.165, 1.54) is 55.2 Å². The molecule has 39 heavy (non-hydrogen) atoms. The summed E-state index contributed by atoms with van der Waals surface area (Å²) >= 11 is 0. The van der Waals surface area contributed by atoms with Crippen LogP contribution in [0.3, 0.4) is 0 Å². The van der Waals surface area contributed by atoms with E-state index in [0.717, 1.165) is 17.0 Å². The van der Waals surface area contributed by atoms with Crippen molar-refractivity contribution in [3.8, 4) is 11.1 Å². The zero-order valence-electron chi connectivity index (χ0n) is 22.4. The van der Waals surface area contributed by atoms with Crippen LogP contribution in [-0.2, 0) is 7.05 Å². The van der Waals surface area contributed by atoms with Crippen LogP contribution < -0.4 is 5.01 Å². The Morgan fingerprint density at radius 1 is 0.667 bits per heavy atom. The van der Waals surface area contributed by atoms with Crippen molar-refractivity contribution in [2.45, 2.75) is 6.92 Å². The van der Waals surface area contributed by atoms with Gasteiger partial charge in [0, 0.05) is 35.9 Å². The summed E-state index contributed by atoms with van der Waals surface area (Å²) in [5.41, 5.74) is 13.3. The number of aryl methyl sites for hydroxylation is 1.